The second kappa shape index (κ2) is 9.25. The first-order chi connectivity index (χ1) is 11.9. The summed E-state index contributed by atoms with van der Waals surface area (Å²) in [6, 6.07) is 0. The molecule has 0 N–H and O–H groups in total. The maximum Gasteiger partial charge on any atom is 0.311 e. The molecule has 1 fully saturated rings. The average Bonchev–Trinajstić information content (AvgIpc) is 2.98. The van der Waals surface area contributed by atoms with E-state index in [-0.39, 0.29) is 17.5 Å². The van der Waals surface area contributed by atoms with Crippen LogP contribution in [0.1, 0.15) is 66.7 Å². The van der Waals surface area contributed by atoms with Gasteiger partial charge >= 0.3 is 11.9 Å². The molecule has 1 saturated carbocycles. The van der Waals surface area contributed by atoms with Crippen molar-refractivity contribution in [2.24, 2.45) is 5.41 Å². The molecule has 1 aliphatic carbocycles. The molecule has 0 heterocycles. The Hall–Kier alpha value is -1.04. The third-order valence-corrected chi connectivity index (χ3v) is 5.90. The van der Waals surface area contributed by atoms with Crippen LogP contribution < -0.4 is 0 Å². The van der Waals surface area contributed by atoms with E-state index in [1.165, 1.54) is 0 Å². The Morgan fingerprint density at radius 3 is 2.19 bits per heavy atom. The van der Waals surface area contributed by atoms with Crippen molar-refractivity contribution in [3.05, 3.63) is 0 Å². The van der Waals surface area contributed by atoms with Gasteiger partial charge in [0.25, 0.3) is 0 Å². The summed E-state index contributed by atoms with van der Waals surface area (Å²) >= 11 is 0. The van der Waals surface area contributed by atoms with Crippen LogP contribution in [0.15, 0.2) is 0 Å². The zero-order valence-electron chi connectivity index (χ0n) is 17.9. The molecule has 0 aromatic rings. The molecule has 0 saturated heterocycles. The second-order valence-electron chi connectivity index (χ2n) is 9.28. The molecule has 0 aliphatic heterocycles. The van der Waals surface area contributed by atoms with Gasteiger partial charge in [0.1, 0.15) is 19.5 Å². The molecule has 0 aromatic heterocycles. The van der Waals surface area contributed by atoms with Gasteiger partial charge in [-0.2, -0.15) is 0 Å². The number of ether oxygens (including phenoxy) is 2. The van der Waals surface area contributed by atoms with Gasteiger partial charge in [0.15, 0.2) is 0 Å². The fraction of sp³-hybridized carbons (Fsp3) is 0.900. The van der Waals surface area contributed by atoms with Gasteiger partial charge in [-0.1, -0.05) is 34.0 Å². The molecule has 5 nitrogen and oxygen atoms in total. The second-order valence-corrected chi connectivity index (χ2v) is 9.28. The van der Waals surface area contributed by atoms with Crippen molar-refractivity contribution in [1.29, 1.82) is 0 Å². The first-order valence-electron chi connectivity index (χ1n) is 9.99. The summed E-state index contributed by atoms with van der Waals surface area (Å²) < 4.78 is 11.3. The third kappa shape index (κ3) is 6.60. The van der Waals surface area contributed by atoms with Gasteiger partial charge in [-0.3, -0.25) is 9.59 Å². The molecule has 1 atom stereocenters. The van der Waals surface area contributed by atoms with Crippen molar-refractivity contribution in [2.75, 3.05) is 27.2 Å². The zero-order valence-corrected chi connectivity index (χ0v) is 17.9. The van der Waals surface area contributed by atoms with Crippen LogP contribution in [0.25, 0.3) is 0 Å². The van der Waals surface area contributed by atoms with Crippen molar-refractivity contribution in [3.63, 3.8) is 0 Å². The molecule has 150 valence electrons. The van der Waals surface area contributed by atoms with E-state index in [1.54, 1.807) is 0 Å². The Balaban J connectivity index is 2.60. The highest BCUT2D eigenvalue weighted by molar-refractivity contribution is 6.47. The quantitative estimate of drug-likeness (QED) is 0.437. The molecule has 0 radical (unpaired) electrons. The minimum absolute atomic E-state index is 0.152. The SMILES string of the molecule is CCC(C)(BCC(C)(C)C(=O)OC1(C)CCCC1)C(=O)OCCN(C)C. The van der Waals surface area contributed by atoms with E-state index in [4.69, 9.17) is 9.47 Å². The largest absolute Gasteiger partial charge is 0.464 e. The molecular formula is C20H38BNO4. The van der Waals surface area contributed by atoms with Crippen LogP contribution in [0.3, 0.4) is 0 Å². The van der Waals surface area contributed by atoms with Gasteiger partial charge in [-0.05, 0) is 53.1 Å². The predicted octanol–water partition coefficient (Wildman–Crippen LogP) is 3.44. The van der Waals surface area contributed by atoms with Crippen LogP contribution >= 0.6 is 0 Å². The van der Waals surface area contributed by atoms with Crippen LogP contribution in [-0.4, -0.2) is 57.0 Å². The number of nitrogens with zero attached hydrogens (tertiary/aromatic N) is 1. The fourth-order valence-electron chi connectivity index (χ4n) is 3.20. The van der Waals surface area contributed by atoms with E-state index in [0.717, 1.165) is 25.7 Å². The average molecular weight is 367 g/mol. The molecule has 0 spiro atoms. The van der Waals surface area contributed by atoms with Crippen molar-refractivity contribution in [1.82, 2.24) is 4.90 Å². The lowest BCUT2D eigenvalue weighted by Gasteiger charge is -2.33. The topological polar surface area (TPSA) is 55.8 Å². The zero-order chi connectivity index (χ0) is 20.0. The van der Waals surface area contributed by atoms with Gasteiger partial charge in [-0.25, -0.2) is 0 Å². The van der Waals surface area contributed by atoms with Crippen LogP contribution in [0, 0.1) is 5.41 Å². The lowest BCUT2D eigenvalue weighted by molar-refractivity contribution is -0.167. The van der Waals surface area contributed by atoms with Gasteiger partial charge < -0.3 is 14.4 Å². The smallest absolute Gasteiger partial charge is 0.311 e. The highest BCUT2D eigenvalue weighted by Gasteiger charge is 2.41. The minimum Gasteiger partial charge on any atom is -0.464 e. The van der Waals surface area contributed by atoms with Gasteiger partial charge in [0.05, 0.1) is 5.41 Å². The summed E-state index contributed by atoms with van der Waals surface area (Å²) in [5.41, 5.74) is -0.917. The van der Waals surface area contributed by atoms with Crippen LogP contribution in [0.5, 0.6) is 0 Å². The molecule has 0 amide bonds. The van der Waals surface area contributed by atoms with Crippen molar-refractivity contribution in [2.45, 2.75) is 84.0 Å². The van der Waals surface area contributed by atoms with Gasteiger partial charge in [0.2, 0.25) is 0 Å². The standard InChI is InChI=1S/C20H38BNO4/c1-8-20(5,17(24)25-14-13-22(6)7)21-15-18(2,3)16(23)26-19(4)11-9-10-12-19/h21H,8-15H2,1-7H3. The molecule has 1 aliphatic rings. The molecule has 1 unspecified atom stereocenters. The highest BCUT2D eigenvalue weighted by Crippen LogP contribution is 2.38. The van der Waals surface area contributed by atoms with Crippen LogP contribution in [-0.2, 0) is 19.1 Å². The Labute approximate surface area is 160 Å². The van der Waals surface area contributed by atoms with Gasteiger partial charge in [0, 0.05) is 11.9 Å². The summed E-state index contributed by atoms with van der Waals surface area (Å²) in [6.45, 7) is 10.9. The fourth-order valence-corrected chi connectivity index (χ4v) is 3.20. The predicted molar refractivity (Wildman–Crippen MR) is 107 cm³/mol. The molecule has 0 bridgehead atoms. The van der Waals surface area contributed by atoms with E-state index in [1.807, 2.05) is 53.6 Å². The first kappa shape index (κ1) is 23.0. The number of carbonyl (C=O) groups excluding carboxylic acids is 2. The Morgan fingerprint density at radius 2 is 1.69 bits per heavy atom. The number of carbonyl (C=O) groups is 2. The summed E-state index contributed by atoms with van der Waals surface area (Å²) in [6.07, 6.45) is 5.43. The number of hydrogen-bond acceptors (Lipinski definition) is 5. The van der Waals surface area contributed by atoms with Crippen LogP contribution in [0.4, 0.5) is 0 Å². The molecule has 1 rings (SSSR count). The number of esters is 2. The summed E-state index contributed by atoms with van der Waals surface area (Å²) in [4.78, 5) is 27.2. The van der Waals surface area contributed by atoms with E-state index in [0.29, 0.717) is 33.2 Å². The van der Waals surface area contributed by atoms with Gasteiger partial charge in [-0.15, -0.1) is 0 Å². The lowest BCUT2D eigenvalue weighted by atomic mass is 9.46. The monoisotopic (exact) mass is 367 g/mol. The first-order valence-corrected chi connectivity index (χ1v) is 9.99. The van der Waals surface area contributed by atoms with Crippen molar-refractivity contribution in [3.8, 4) is 0 Å². The Kier molecular flexibility index (Phi) is 8.18. The van der Waals surface area contributed by atoms with E-state index >= 15 is 0 Å². The van der Waals surface area contributed by atoms with E-state index < -0.39 is 10.7 Å². The Morgan fingerprint density at radius 1 is 1.12 bits per heavy atom. The van der Waals surface area contributed by atoms with Crippen molar-refractivity contribution >= 4 is 19.2 Å². The number of hydrogen-bond donors (Lipinski definition) is 0. The lowest BCUT2D eigenvalue weighted by Crippen LogP contribution is -2.39. The summed E-state index contributed by atoms with van der Waals surface area (Å²) in [5, 5.41) is -0.568. The van der Waals surface area contributed by atoms with E-state index in [2.05, 4.69) is 0 Å². The third-order valence-electron chi connectivity index (χ3n) is 5.90. The Bertz CT molecular complexity index is 486. The van der Waals surface area contributed by atoms with Crippen LogP contribution in [0.2, 0.25) is 11.6 Å². The maximum atomic E-state index is 12.7. The highest BCUT2D eigenvalue weighted by atomic mass is 16.6. The van der Waals surface area contributed by atoms with Crippen molar-refractivity contribution < 1.29 is 19.1 Å². The molecular weight excluding hydrogens is 329 g/mol. The summed E-state index contributed by atoms with van der Waals surface area (Å²) in [7, 11) is 4.51. The molecule has 6 heteroatoms. The van der Waals surface area contributed by atoms with E-state index in [9.17, 15) is 9.59 Å². The minimum atomic E-state index is -0.605. The maximum absolute atomic E-state index is 12.7. The molecule has 26 heavy (non-hydrogen) atoms. The normalized spacial score (nSPS) is 19.1. The number of likely N-dealkylation sites (N-methyl/N-ethyl adjacent to an activating group) is 1. The number of rotatable bonds is 10. The molecule has 0 aromatic carbocycles. The summed E-state index contributed by atoms with van der Waals surface area (Å²) in [5.74, 6) is -0.324.